The molecule has 0 saturated carbocycles. The van der Waals surface area contributed by atoms with Gasteiger partial charge in [0.2, 0.25) is 5.91 Å². The molecule has 0 spiro atoms. The van der Waals surface area contributed by atoms with Gasteiger partial charge in [0.15, 0.2) is 0 Å². The van der Waals surface area contributed by atoms with Crippen LogP contribution in [0, 0.1) is 11.3 Å². The summed E-state index contributed by atoms with van der Waals surface area (Å²) in [5.41, 5.74) is 0.347. The highest BCUT2D eigenvalue weighted by atomic mass is 32.2. The molecule has 0 bridgehead atoms. The minimum Gasteiger partial charge on any atom is -0.477 e. The second kappa shape index (κ2) is 6.50. The number of anilines is 1. The van der Waals surface area contributed by atoms with E-state index < -0.39 is 5.97 Å². The van der Waals surface area contributed by atoms with Crippen LogP contribution in [0.4, 0.5) is 5.69 Å². The molecule has 88 valence electrons. The molecule has 1 aromatic heterocycles. The number of carbonyl (C=O) groups excluding carboxylic acids is 1. The number of rotatable bonds is 5. The number of pyridine rings is 1. The van der Waals surface area contributed by atoms with E-state index in [1.165, 1.54) is 30.1 Å². The Bertz CT molecular complexity index is 453. The van der Waals surface area contributed by atoms with Crippen LogP contribution in [0.3, 0.4) is 0 Å². The van der Waals surface area contributed by atoms with Crippen molar-refractivity contribution in [3.8, 4) is 6.07 Å². The van der Waals surface area contributed by atoms with E-state index in [4.69, 9.17) is 10.4 Å². The zero-order valence-electron chi connectivity index (χ0n) is 8.71. The van der Waals surface area contributed by atoms with E-state index in [0.29, 0.717) is 5.69 Å². The molecule has 1 amide bonds. The van der Waals surface area contributed by atoms with E-state index in [1.54, 1.807) is 0 Å². The number of nitrogens with zero attached hydrogens (tertiary/aromatic N) is 2. The number of hydrogen-bond donors (Lipinski definition) is 2. The van der Waals surface area contributed by atoms with Gasteiger partial charge in [0, 0.05) is 0 Å². The fourth-order valence-electron chi connectivity index (χ4n) is 0.981. The fraction of sp³-hybridized carbons (Fsp3) is 0.200. The molecule has 6 nitrogen and oxygen atoms in total. The predicted molar refractivity (Wildman–Crippen MR) is 62.8 cm³/mol. The van der Waals surface area contributed by atoms with Gasteiger partial charge in [-0.15, -0.1) is 11.8 Å². The first-order chi connectivity index (χ1) is 8.13. The lowest BCUT2D eigenvalue weighted by Crippen LogP contribution is -2.14. The molecule has 0 aliphatic rings. The Morgan fingerprint density at radius 1 is 1.53 bits per heavy atom. The van der Waals surface area contributed by atoms with Crippen molar-refractivity contribution in [3.05, 3.63) is 24.0 Å². The molecule has 7 heteroatoms. The summed E-state index contributed by atoms with van der Waals surface area (Å²) in [5.74, 6) is -0.944. The molecule has 0 aliphatic heterocycles. The molecule has 1 aromatic rings. The smallest absolute Gasteiger partial charge is 0.354 e. The van der Waals surface area contributed by atoms with Crippen molar-refractivity contribution in [2.45, 2.75) is 0 Å². The number of nitriles is 1. The van der Waals surface area contributed by atoms with Crippen molar-refractivity contribution in [1.29, 1.82) is 5.26 Å². The summed E-state index contributed by atoms with van der Waals surface area (Å²) in [5, 5.41) is 19.4. The van der Waals surface area contributed by atoms with E-state index in [2.05, 4.69) is 10.3 Å². The van der Waals surface area contributed by atoms with E-state index in [-0.39, 0.29) is 23.1 Å². The molecular weight excluding hydrogens is 242 g/mol. The van der Waals surface area contributed by atoms with Crippen LogP contribution in [-0.2, 0) is 4.79 Å². The maximum Gasteiger partial charge on any atom is 0.354 e. The minimum absolute atomic E-state index is 0.0816. The molecule has 17 heavy (non-hydrogen) atoms. The number of carboxylic acid groups (broad SMARTS) is 1. The monoisotopic (exact) mass is 251 g/mol. The van der Waals surface area contributed by atoms with Gasteiger partial charge in [-0.1, -0.05) is 0 Å². The van der Waals surface area contributed by atoms with E-state index in [0.717, 1.165) is 0 Å². The van der Waals surface area contributed by atoms with Crippen LogP contribution in [0.15, 0.2) is 18.3 Å². The van der Waals surface area contributed by atoms with Crippen LogP contribution >= 0.6 is 11.8 Å². The number of nitrogens with one attached hydrogen (secondary N) is 1. The van der Waals surface area contributed by atoms with Crippen molar-refractivity contribution in [1.82, 2.24) is 4.98 Å². The lowest BCUT2D eigenvalue weighted by molar-refractivity contribution is -0.113. The Labute approximate surface area is 102 Å². The van der Waals surface area contributed by atoms with Gasteiger partial charge in [0.1, 0.15) is 5.69 Å². The van der Waals surface area contributed by atoms with Crippen LogP contribution in [0.2, 0.25) is 0 Å². The Kier molecular flexibility index (Phi) is 4.97. The van der Waals surface area contributed by atoms with Crippen molar-refractivity contribution >= 4 is 29.3 Å². The summed E-state index contributed by atoms with van der Waals surface area (Å²) in [4.78, 5) is 25.5. The maximum absolute atomic E-state index is 11.3. The zero-order chi connectivity index (χ0) is 12.7. The SMILES string of the molecule is N#CCSCC(=O)Nc1ccc(C(=O)O)nc1. The summed E-state index contributed by atoms with van der Waals surface area (Å²) in [6.07, 6.45) is 1.27. The molecule has 1 rings (SSSR count). The highest BCUT2D eigenvalue weighted by Gasteiger charge is 2.05. The number of carboxylic acids is 1. The van der Waals surface area contributed by atoms with E-state index in [9.17, 15) is 9.59 Å². The lowest BCUT2D eigenvalue weighted by Gasteiger charge is -2.03. The highest BCUT2D eigenvalue weighted by Crippen LogP contribution is 2.07. The molecule has 1 heterocycles. The number of aromatic nitrogens is 1. The van der Waals surface area contributed by atoms with Gasteiger partial charge in [0.25, 0.3) is 0 Å². The molecule has 0 atom stereocenters. The van der Waals surface area contributed by atoms with Gasteiger partial charge in [-0.2, -0.15) is 5.26 Å². The van der Waals surface area contributed by atoms with Crippen LogP contribution in [-0.4, -0.2) is 33.5 Å². The normalized spacial score (nSPS) is 9.35. The molecule has 2 N–H and O–H groups in total. The molecule has 0 unspecified atom stereocenters. The highest BCUT2D eigenvalue weighted by molar-refractivity contribution is 8.00. The lowest BCUT2D eigenvalue weighted by atomic mass is 10.3. The first kappa shape index (κ1) is 13.0. The average molecular weight is 251 g/mol. The third-order valence-corrected chi connectivity index (χ3v) is 2.47. The summed E-state index contributed by atoms with van der Waals surface area (Å²) >= 11 is 1.20. The second-order valence-electron chi connectivity index (χ2n) is 2.94. The standard InChI is InChI=1S/C10H9N3O3S/c11-3-4-17-6-9(14)13-7-1-2-8(10(15)16)12-5-7/h1-2,5H,4,6H2,(H,13,14)(H,15,16). The van der Waals surface area contributed by atoms with Crippen LogP contribution < -0.4 is 5.32 Å². The molecular formula is C10H9N3O3S. The predicted octanol–water partition coefficient (Wildman–Crippen LogP) is 0.975. The molecule has 0 fully saturated rings. The number of carbonyl (C=O) groups is 2. The van der Waals surface area contributed by atoms with Gasteiger partial charge in [0.05, 0.1) is 29.5 Å². The Balaban J connectivity index is 2.49. The summed E-state index contributed by atoms with van der Waals surface area (Å²) in [6, 6.07) is 4.68. The molecule has 0 aliphatic carbocycles. The van der Waals surface area contributed by atoms with Crippen LogP contribution in [0.25, 0.3) is 0 Å². The van der Waals surface area contributed by atoms with Gasteiger partial charge < -0.3 is 10.4 Å². The topological polar surface area (TPSA) is 103 Å². The zero-order valence-corrected chi connectivity index (χ0v) is 9.53. The molecule has 0 saturated heterocycles. The second-order valence-corrected chi connectivity index (χ2v) is 3.92. The Hall–Kier alpha value is -2.07. The third-order valence-electron chi connectivity index (χ3n) is 1.67. The first-order valence-corrected chi connectivity index (χ1v) is 5.73. The summed E-state index contributed by atoms with van der Waals surface area (Å²) in [7, 11) is 0. The fourth-order valence-corrected chi connectivity index (χ4v) is 1.43. The number of thioether (sulfide) groups is 1. The Morgan fingerprint density at radius 2 is 2.29 bits per heavy atom. The van der Waals surface area contributed by atoms with E-state index >= 15 is 0 Å². The van der Waals surface area contributed by atoms with Crippen LogP contribution in [0.5, 0.6) is 0 Å². The van der Waals surface area contributed by atoms with Crippen molar-refractivity contribution in [2.75, 3.05) is 16.8 Å². The minimum atomic E-state index is -1.12. The van der Waals surface area contributed by atoms with Gasteiger partial charge in [-0.25, -0.2) is 9.78 Å². The number of aromatic carboxylic acids is 1. The van der Waals surface area contributed by atoms with Gasteiger partial charge >= 0.3 is 5.97 Å². The molecule has 0 radical (unpaired) electrons. The van der Waals surface area contributed by atoms with Gasteiger partial charge in [-0.05, 0) is 12.1 Å². The van der Waals surface area contributed by atoms with Crippen LogP contribution in [0.1, 0.15) is 10.5 Å². The number of hydrogen-bond acceptors (Lipinski definition) is 5. The van der Waals surface area contributed by atoms with Crippen molar-refractivity contribution < 1.29 is 14.7 Å². The largest absolute Gasteiger partial charge is 0.477 e. The first-order valence-electron chi connectivity index (χ1n) is 4.57. The summed E-state index contributed by atoms with van der Waals surface area (Å²) in [6.45, 7) is 0. The third kappa shape index (κ3) is 4.53. The quantitative estimate of drug-likeness (QED) is 0.756. The number of amides is 1. The van der Waals surface area contributed by atoms with Crippen molar-refractivity contribution in [2.24, 2.45) is 0 Å². The average Bonchev–Trinajstić information content (AvgIpc) is 2.30. The van der Waals surface area contributed by atoms with Gasteiger partial charge in [-0.3, -0.25) is 4.79 Å². The summed E-state index contributed by atoms with van der Waals surface area (Å²) < 4.78 is 0. The molecule has 0 aromatic carbocycles. The Morgan fingerprint density at radius 3 is 2.82 bits per heavy atom. The maximum atomic E-state index is 11.3. The van der Waals surface area contributed by atoms with Crippen molar-refractivity contribution in [3.63, 3.8) is 0 Å². The van der Waals surface area contributed by atoms with E-state index in [1.807, 2.05) is 6.07 Å².